The monoisotopic (exact) mass is 161 g/mol. The summed E-state index contributed by atoms with van der Waals surface area (Å²) in [4.78, 5) is 17.6. The third-order valence-electron chi connectivity index (χ3n) is 1.37. The van der Waals surface area contributed by atoms with Crippen molar-refractivity contribution in [1.29, 1.82) is 0 Å². The second kappa shape index (κ2) is 3.55. The van der Waals surface area contributed by atoms with Crippen LogP contribution in [0.5, 0.6) is 0 Å². The van der Waals surface area contributed by atoms with Gasteiger partial charge in [0.05, 0.1) is 0 Å². The van der Waals surface area contributed by atoms with Crippen LogP contribution in [0, 0.1) is 6.92 Å². The highest BCUT2D eigenvalue weighted by Crippen LogP contribution is 1.98. The van der Waals surface area contributed by atoms with Crippen molar-refractivity contribution in [3.8, 4) is 0 Å². The molecule has 1 heterocycles. The van der Waals surface area contributed by atoms with Crippen molar-refractivity contribution < 1.29 is 9.58 Å². The van der Waals surface area contributed by atoms with Crippen LogP contribution in [0.15, 0.2) is 18.3 Å². The largest absolute Gasteiger partial charge is 0.361 e. The minimum atomic E-state index is -0.356. The number of pyridine rings is 1. The van der Waals surface area contributed by atoms with Crippen LogP contribution in [-0.2, 0) is 0 Å². The molecule has 1 aromatic heterocycles. The molecule has 1 rings (SSSR count). The molecule has 0 saturated heterocycles. The standard InChI is InChI=1S/C8H7N3O/c1-6-2-3-7(4-10-6)8(12)5-11-9/h2-5H,1H3. The van der Waals surface area contributed by atoms with Gasteiger partial charge in [-0.25, -0.2) is 0 Å². The first-order valence-corrected chi connectivity index (χ1v) is 3.38. The molecule has 4 heteroatoms. The molecular formula is C8H7N3O. The number of Topliss-reactive ketones (excluding diaryl/α,β-unsaturated/α-hetero) is 1. The Bertz CT molecular complexity index is 336. The van der Waals surface area contributed by atoms with E-state index in [4.69, 9.17) is 5.53 Å². The Morgan fingerprint density at radius 1 is 1.67 bits per heavy atom. The molecule has 0 amide bonds. The van der Waals surface area contributed by atoms with Crippen molar-refractivity contribution in [2.45, 2.75) is 6.92 Å². The molecule has 0 fully saturated rings. The number of nitrogens with zero attached hydrogens (tertiary/aromatic N) is 3. The predicted octanol–water partition coefficient (Wildman–Crippen LogP) is 0.873. The summed E-state index contributed by atoms with van der Waals surface area (Å²) < 4.78 is 0. The lowest BCUT2D eigenvalue weighted by Crippen LogP contribution is -2.01. The summed E-state index contributed by atoms with van der Waals surface area (Å²) in [6, 6.07) is 3.35. The van der Waals surface area contributed by atoms with E-state index in [2.05, 4.69) is 9.77 Å². The van der Waals surface area contributed by atoms with Gasteiger partial charge in [-0.15, -0.1) is 0 Å². The van der Waals surface area contributed by atoms with Gasteiger partial charge in [0.1, 0.15) is 0 Å². The van der Waals surface area contributed by atoms with Gasteiger partial charge in [-0.05, 0) is 19.1 Å². The molecule has 1 aromatic rings. The first kappa shape index (κ1) is 8.30. The van der Waals surface area contributed by atoms with Gasteiger partial charge in [-0.1, -0.05) is 0 Å². The van der Waals surface area contributed by atoms with E-state index < -0.39 is 0 Å². The van der Waals surface area contributed by atoms with Gasteiger partial charge >= 0.3 is 6.21 Å². The average Bonchev–Trinajstić information content (AvgIpc) is 2.06. The number of aryl methyl sites for hydroxylation is 1. The van der Waals surface area contributed by atoms with E-state index in [1.807, 2.05) is 6.92 Å². The SMILES string of the molecule is Cc1ccc(C(=O)C=[N+]=[N-])cn1. The number of aromatic nitrogens is 1. The molecule has 0 radical (unpaired) electrons. The third kappa shape index (κ3) is 1.84. The maximum atomic E-state index is 11.0. The quantitative estimate of drug-likeness (QED) is 0.279. The van der Waals surface area contributed by atoms with Crippen LogP contribution in [0.4, 0.5) is 0 Å². The zero-order valence-electron chi connectivity index (χ0n) is 6.56. The van der Waals surface area contributed by atoms with Gasteiger partial charge in [0.15, 0.2) is 0 Å². The molecule has 0 unspecified atom stereocenters. The van der Waals surface area contributed by atoms with Crippen molar-refractivity contribution in [2.24, 2.45) is 0 Å². The summed E-state index contributed by atoms with van der Waals surface area (Å²) in [6.45, 7) is 1.83. The van der Waals surface area contributed by atoms with Gasteiger partial charge in [0, 0.05) is 17.5 Å². The zero-order valence-corrected chi connectivity index (χ0v) is 6.56. The van der Waals surface area contributed by atoms with E-state index in [-0.39, 0.29) is 5.78 Å². The van der Waals surface area contributed by atoms with E-state index in [0.717, 1.165) is 11.9 Å². The fourth-order valence-corrected chi connectivity index (χ4v) is 0.741. The molecule has 0 bridgehead atoms. The highest BCUT2D eigenvalue weighted by atomic mass is 16.1. The molecule has 4 nitrogen and oxygen atoms in total. The first-order valence-electron chi connectivity index (χ1n) is 3.38. The maximum absolute atomic E-state index is 11.0. The van der Waals surface area contributed by atoms with Gasteiger partial charge < -0.3 is 5.53 Å². The second-order valence-corrected chi connectivity index (χ2v) is 2.30. The normalized spacial score (nSPS) is 8.75. The average molecular weight is 161 g/mol. The number of rotatable bonds is 2. The lowest BCUT2D eigenvalue weighted by atomic mass is 10.2. The van der Waals surface area contributed by atoms with E-state index in [9.17, 15) is 4.79 Å². The Morgan fingerprint density at radius 3 is 2.92 bits per heavy atom. The number of carbonyl (C=O) groups excluding carboxylic acids is 1. The third-order valence-corrected chi connectivity index (χ3v) is 1.37. The fraction of sp³-hybridized carbons (Fsp3) is 0.125. The summed E-state index contributed by atoms with van der Waals surface area (Å²) in [6.07, 6.45) is 2.28. The Kier molecular flexibility index (Phi) is 2.46. The van der Waals surface area contributed by atoms with Gasteiger partial charge in [0.25, 0.3) is 5.78 Å². The molecular weight excluding hydrogens is 154 g/mol. The lowest BCUT2D eigenvalue weighted by Gasteiger charge is -1.91. The topological polar surface area (TPSA) is 66.4 Å². The number of carbonyl (C=O) groups is 1. The number of ketones is 1. The van der Waals surface area contributed by atoms with E-state index in [1.165, 1.54) is 6.20 Å². The van der Waals surface area contributed by atoms with Crippen LogP contribution in [0.1, 0.15) is 16.1 Å². The van der Waals surface area contributed by atoms with Crippen LogP contribution >= 0.6 is 0 Å². The van der Waals surface area contributed by atoms with E-state index >= 15 is 0 Å². The predicted molar refractivity (Wildman–Crippen MR) is 43.0 cm³/mol. The molecule has 0 aliphatic carbocycles. The van der Waals surface area contributed by atoms with Crippen molar-refractivity contribution in [3.05, 3.63) is 35.1 Å². The van der Waals surface area contributed by atoms with Gasteiger partial charge in [0.2, 0.25) is 0 Å². The smallest absolute Gasteiger partial charge is 0.328 e. The minimum absolute atomic E-state index is 0.356. The lowest BCUT2D eigenvalue weighted by molar-refractivity contribution is 0.00234. The minimum Gasteiger partial charge on any atom is -0.361 e. The molecule has 60 valence electrons. The molecule has 12 heavy (non-hydrogen) atoms. The highest BCUT2D eigenvalue weighted by molar-refractivity contribution is 6.33. The molecule has 0 aliphatic rings. The van der Waals surface area contributed by atoms with Crippen LogP contribution in [-0.4, -0.2) is 21.8 Å². The van der Waals surface area contributed by atoms with Crippen LogP contribution < -0.4 is 0 Å². The van der Waals surface area contributed by atoms with Crippen LogP contribution in [0.2, 0.25) is 0 Å². The van der Waals surface area contributed by atoms with E-state index in [0.29, 0.717) is 5.56 Å². The molecule has 0 saturated carbocycles. The Balaban J connectivity index is 2.97. The second-order valence-electron chi connectivity index (χ2n) is 2.30. The van der Waals surface area contributed by atoms with Gasteiger partial charge in [-0.2, -0.15) is 4.79 Å². The molecule has 0 N–H and O–H groups in total. The summed E-state index contributed by atoms with van der Waals surface area (Å²) in [7, 11) is 0. The fourth-order valence-electron chi connectivity index (χ4n) is 0.741. The summed E-state index contributed by atoms with van der Waals surface area (Å²) in [5.41, 5.74) is 9.34. The summed E-state index contributed by atoms with van der Waals surface area (Å²) in [5.74, 6) is -0.356. The summed E-state index contributed by atoms with van der Waals surface area (Å²) in [5, 5.41) is 0. The Hall–Kier alpha value is -1.80. The molecule has 0 atom stereocenters. The number of hydrogen-bond donors (Lipinski definition) is 0. The van der Waals surface area contributed by atoms with Crippen molar-refractivity contribution in [3.63, 3.8) is 0 Å². The van der Waals surface area contributed by atoms with E-state index in [1.54, 1.807) is 12.1 Å². The molecule has 0 aliphatic heterocycles. The van der Waals surface area contributed by atoms with Crippen molar-refractivity contribution in [2.75, 3.05) is 0 Å². The van der Waals surface area contributed by atoms with Crippen LogP contribution in [0.25, 0.3) is 5.53 Å². The maximum Gasteiger partial charge on any atom is 0.328 e. The number of hydrogen-bond acceptors (Lipinski definition) is 2. The van der Waals surface area contributed by atoms with Crippen LogP contribution in [0.3, 0.4) is 0 Å². The molecule has 0 aromatic carbocycles. The summed E-state index contributed by atoms with van der Waals surface area (Å²) >= 11 is 0. The first-order chi connectivity index (χ1) is 5.74. The molecule has 0 spiro atoms. The Morgan fingerprint density at radius 2 is 2.42 bits per heavy atom. The Labute approximate surface area is 69.5 Å². The van der Waals surface area contributed by atoms with Crippen molar-refractivity contribution >= 4 is 12.0 Å². The highest BCUT2D eigenvalue weighted by Gasteiger charge is 2.05. The zero-order chi connectivity index (χ0) is 8.97. The van der Waals surface area contributed by atoms with Crippen molar-refractivity contribution in [1.82, 2.24) is 4.98 Å². The van der Waals surface area contributed by atoms with Gasteiger partial charge in [-0.3, -0.25) is 9.78 Å².